The molecule has 0 bridgehead atoms. The van der Waals surface area contributed by atoms with Crippen LogP contribution in [0.3, 0.4) is 0 Å². The van der Waals surface area contributed by atoms with E-state index in [1.54, 1.807) is 13.2 Å². The molecule has 1 fully saturated rings. The lowest BCUT2D eigenvalue weighted by atomic mass is 10.1. The molecular weight excluding hydrogens is 489 g/mol. The lowest BCUT2D eigenvalue weighted by Gasteiger charge is -2.16. The first-order valence-electron chi connectivity index (χ1n) is 10.0. The summed E-state index contributed by atoms with van der Waals surface area (Å²) in [7, 11) is 1.78. The summed E-state index contributed by atoms with van der Waals surface area (Å²) in [4.78, 5) is 8.51. The molecule has 0 unspecified atom stereocenters. The molecule has 2 aromatic carbocycles. The maximum atomic E-state index is 6.00. The van der Waals surface area contributed by atoms with Crippen LogP contribution in [0.1, 0.15) is 24.0 Å². The zero-order valence-electron chi connectivity index (χ0n) is 17.1. The fourth-order valence-corrected chi connectivity index (χ4v) is 3.18. The molecule has 2 N–H and O–H groups in total. The maximum Gasteiger partial charge on any atom is 0.191 e. The Bertz CT molecular complexity index is 954. The molecule has 7 heteroatoms. The molecular formula is C23H28IN5O. The lowest BCUT2D eigenvalue weighted by Crippen LogP contribution is -2.36. The summed E-state index contributed by atoms with van der Waals surface area (Å²) in [5.74, 6) is 2.44. The first-order chi connectivity index (χ1) is 14.3. The molecule has 30 heavy (non-hydrogen) atoms. The van der Waals surface area contributed by atoms with Gasteiger partial charge in [0.2, 0.25) is 0 Å². The third kappa shape index (κ3) is 5.98. The number of aliphatic imine (C=N–C) groups is 1. The van der Waals surface area contributed by atoms with Gasteiger partial charge in [-0.15, -0.1) is 24.0 Å². The Labute approximate surface area is 194 Å². The average Bonchev–Trinajstić information content (AvgIpc) is 3.44. The maximum absolute atomic E-state index is 6.00. The van der Waals surface area contributed by atoms with Gasteiger partial charge in [-0.1, -0.05) is 36.4 Å². The van der Waals surface area contributed by atoms with Crippen LogP contribution in [0, 0.1) is 5.92 Å². The van der Waals surface area contributed by atoms with E-state index in [1.165, 1.54) is 18.4 Å². The number of guanidine groups is 1. The molecule has 0 aliphatic heterocycles. The van der Waals surface area contributed by atoms with Crippen molar-refractivity contribution in [3.8, 4) is 11.4 Å². The van der Waals surface area contributed by atoms with Crippen molar-refractivity contribution in [3.63, 3.8) is 0 Å². The van der Waals surface area contributed by atoms with Gasteiger partial charge in [-0.3, -0.25) is 4.99 Å². The van der Waals surface area contributed by atoms with Gasteiger partial charge < -0.3 is 19.9 Å². The molecule has 0 saturated heterocycles. The lowest BCUT2D eigenvalue weighted by molar-refractivity contribution is 0.296. The quantitative estimate of drug-likeness (QED) is 0.268. The third-order valence-electron chi connectivity index (χ3n) is 5.03. The molecule has 1 aliphatic carbocycles. The van der Waals surface area contributed by atoms with Crippen molar-refractivity contribution >= 4 is 29.9 Å². The number of nitrogens with zero attached hydrogens (tertiary/aromatic N) is 3. The second-order valence-electron chi connectivity index (χ2n) is 7.24. The number of hydrogen-bond acceptors (Lipinski definition) is 3. The van der Waals surface area contributed by atoms with E-state index in [2.05, 4.69) is 38.8 Å². The standard InChI is InChI=1S/C23H27N5O.HI/c1-24-23(26-14-19-6-2-4-8-21(19)28-13-12-25-17-28)27-15-20-7-3-5-9-22(20)29-16-18-10-11-18;/h2-9,12-13,17-18H,10-11,14-16H2,1H3,(H2,24,26,27);1H. The summed E-state index contributed by atoms with van der Waals surface area (Å²) in [6.07, 6.45) is 8.12. The normalized spacial score (nSPS) is 13.4. The molecule has 0 atom stereocenters. The van der Waals surface area contributed by atoms with Gasteiger partial charge in [0.1, 0.15) is 5.75 Å². The van der Waals surface area contributed by atoms with Gasteiger partial charge in [-0.05, 0) is 36.5 Å². The first-order valence-corrected chi connectivity index (χ1v) is 10.0. The van der Waals surface area contributed by atoms with Crippen LogP contribution in [0.15, 0.2) is 72.2 Å². The number of halogens is 1. The Morgan fingerprint density at radius 1 is 1.07 bits per heavy atom. The number of hydrogen-bond donors (Lipinski definition) is 2. The second-order valence-corrected chi connectivity index (χ2v) is 7.24. The summed E-state index contributed by atoms with van der Waals surface area (Å²) in [5.41, 5.74) is 3.41. The Kier molecular flexibility index (Phi) is 8.12. The van der Waals surface area contributed by atoms with Gasteiger partial charge in [0.05, 0.1) is 18.6 Å². The largest absolute Gasteiger partial charge is 0.493 e. The van der Waals surface area contributed by atoms with Gasteiger partial charge in [0.25, 0.3) is 0 Å². The molecule has 0 spiro atoms. The van der Waals surface area contributed by atoms with Gasteiger partial charge >= 0.3 is 0 Å². The van der Waals surface area contributed by atoms with Crippen LogP contribution in [0.4, 0.5) is 0 Å². The Balaban J connectivity index is 0.00000256. The molecule has 1 aliphatic rings. The topological polar surface area (TPSA) is 63.5 Å². The summed E-state index contributed by atoms with van der Waals surface area (Å²) in [5, 5.41) is 6.80. The monoisotopic (exact) mass is 517 g/mol. The number of nitrogens with one attached hydrogen (secondary N) is 2. The van der Waals surface area contributed by atoms with E-state index in [0.717, 1.165) is 35.5 Å². The summed E-state index contributed by atoms with van der Waals surface area (Å²) >= 11 is 0. The van der Waals surface area contributed by atoms with E-state index < -0.39 is 0 Å². The third-order valence-corrected chi connectivity index (χ3v) is 5.03. The number of para-hydroxylation sites is 2. The van der Waals surface area contributed by atoms with Gasteiger partial charge in [0, 0.05) is 38.1 Å². The SMILES string of the molecule is CN=C(NCc1ccccc1OCC1CC1)NCc1ccccc1-n1ccnc1.I. The minimum atomic E-state index is 0. The highest BCUT2D eigenvalue weighted by Gasteiger charge is 2.22. The predicted molar refractivity (Wildman–Crippen MR) is 131 cm³/mol. The van der Waals surface area contributed by atoms with E-state index in [4.69, 9.17) is 4.74 Å². The average molecular weight is 517 g/mol. The highest BCUT2D eigenvalue weighted by atomic mass is 127. The van der Waals surface area contributed by atoms with Crippen LogP contribution in [-0.4, -0.2) is 29.2 Å². The van der Waals surface area contributed by atoms with Crippen molar-refractivity contribution in [2.75, 3.05) is 13.7 Å². The Hall–Kier alpha value is -2.55. The van der Waals surface area contributed by atoms with Crippen LogP contribution < -0.4 is 15.4 Å². The highest BCUT2D eigenvalue weighted by molar-refractivity contribution is 14.0. The van der Waals surface area contributed by atoms with E-state index in [9.17, 15) is 0 Å². The summed E-state index contributed by atoms with van der Waals surface area (Å²) in [6.45, 7) is 2.13. The van der Waals surface area contributed by atoms with Crippen molar-refractivity contribution in [1.82, 2.24) is 20.2 Å². The van der Waals surface area contributed by atoms with Crippen molar-refractivity contribution in [2.24, 2.45) is 10.9 Å². The summed E-state index contributed by atoms with van der Waals surface area (Å²) < 4.78 is 8.02. The van der Waals surface area contributed by atoms with E-state index in [-0.39, 0.29) is 24.0 Å². The number of ether oxygens (including phenoxy) is 1. The zero-order valence-corrected chi connectivity index (χ0v) is 19.5. The summed E-state index contributed by atoms with van der Waals surface area (Å²) in [6, 6.07) is 16.5. The van der Waals surface area contributed by atoms with Crippen molar-refractivity contribution in [3.05, 3.63) is 78.4 Å². The zero-order chi connectivity index (χ0) is 19.9. The molecule has 1 heterocycles. The van der Waals surface area contributed by atoms with E-state index in [1.807, 2.05) is 47.4 Å². The number of rotatable bonds is 8. The van der Waals surface area contributed by atoms with Crippen LogP contribution in [-0.2, 0) is 13.1 Å². The van der Waals surface area contributed by atoms with Crippen LogP contribution in [0.5, 0.6) is 5.75 Å². The molecule has 1 saturated carbocycles. The smallest absolute Gasteiger partial charge is 0.191 e. The van der Waals surface area contributed by atoms with Gasteiger partial charge in [0.15, 0.2) is 5.96 Å². The number of benzene rings is 2. The first kappa shape index (κ1) is 22.1. The molecule has 1 aromatic heterocycles. The second kappa shape index (κ2) is 11.0. The van der Waals surface area contributed by atoms with E-state index >= 15 is 0 Å². The van der Waals surface area contributed by atoms with Crippen molar-refractivity contribution in [2.45, 2.75) is 25.9 Å². The molecule has 6 nitrogen and oxygen atoms in total. The fourth-order valence-electron chi connectivity index (χ4n) is 3.18. The number of imidazole rings is 1. The molecule has 4 rings (SSSR count). The Morgan fingerprint density at radius 2 is 1.77 bits per heavy atom. The molecule has 158 valence electrons. The minimum Gasteiger partial charge on any atom is -0.493 e. The molecule has 3 aromatic rings. The predicted octanol–water partition coefficient (Wildman–Crippen LogP) is 4.14. The van der Waals surface area contributed by atoms with Crippen LogP contribution in [0.2, 0.25) is 0 Å². The molecule has 0 amide bonds. The minimum absolute atomic E-state index is 0. The molecule has 0 radical (unpaired) electrons. The van der Waals surface area contributed by atoms with E-state index in [0.29, 0.717) is 13.1 Å². The van der Waals surface area contributed by atoms with Crippen LogP contribution >= 0.6 is 24.0 Å². The van der Waals surface area contributed by atoms with Crippen molar-refractivity contribution < 1.29 is 4.74 Å². The highest BCUT2D eigenvalue weighted by Crippen LogP contribution is 2.30. The van der Waals surface area contributed by atoms with Gasteiger partial charge in [-0.25, -0.2) is 4.98 Å². The van der Waals surface area contributed by atoms with Gasteiger partial charge in [-0.2, -0.15) is 0 Å². The Morgan fingerprint density at radius 3 is 2.47 bits per heavy atom. The number of aromatic nitrogens is 2. The van der Waals surface area contributed by atoms with Crippen LogP contribution in [0.25, 0.3) is 5.69 Å². The fraction of sp³-hybridized carbons (Fsp3) is 0.304. The van der Waals surface area contributed by atoms with Crippen molar-refractivity contribution in [1.29, 1.82) is 0 Å².